The summed E-state index contributed by atoms with van der Waals surface area (Å²) in [5.41, 5.74) is 5.23. The Hall–Kier alpha value is -2.91. The molecule has 5 heterocycles. The lowest BCUT2D eigenvalue weighted by atomic mass is 10.0. The SMILES string of the molecule is C[Si](C)(C)CCOCn1c(O[C@@H]2CO[C@H]3[C@@H]2OC[C@H]3O)nc2cc(Cl)c(-c3ccc(-c4cc(CN=S(C)(C)=O)ccn4)cc3)nc21. The highest BCUT2D eigenvalue weighted by Crippen LogP contribution is 2.34. The topological polar surface area (TPSA) is 130 Å². The number of imidazole rings is 1. The van der Waals surface area contributed by atoms with Crippen molar-refractivity contribution in [1.82, 2.24) is 19.5 Å². The Morgan fingerprint density at radius 3 is 2.54 bits per heavy atom. The highest BCUT2D eigenvalue weighted by Gasteiger charge is 2.49. The Kier molecular flexibility index (Phi) is 9.54. The second-order valence-electron chi connectivity index (χ2n) is 13.2. The molecule has 0 saturated carbocycles. The third kappa shape index (κ3) is 7.62. The van der Waals surface area contributed by atoms with Gasteiger partial charge in [-0.05, 0) is 29.8 Å². The van der Waals surface area contributed by atoms with Gasteiger partial charge in [-0.25, -0.2) is 9.35 Å². The van der Waals surface area contributed by atoms with Crippen molar-refractivity contribution in [3.8, 4) is 28.5 Å². The number of ether oxygens (including phenoxy) is 4. The molecule has 6 rings (SSSR count). The fraction of sp³-hybridized carbons (Fsp3) is 0.469. The van der Waals surface area contributed by atoms with E-state index >= 15 is 0 Å². The second-order valence-corrected chi connectivity index (χ2v) is 21.9. The van der Waals surface area contributed by atoms with Crippen LogP contribution in [0.5, 0.6) is 6.01 Å². The molecule has 0 aliphatic carbocycles. The van der Waals surface area contributed by atoms with E-state index in [1.165, 1.54) is 0 Å². The average Bonchev–Trinajstić information content (AvgIpc) is 3.68. The number of aliphatic hydroxyl groups excluding tert-OH is 1. The van der Waals surface area contributed by atoms with Gasteiger partial charge in [-0.15, -0.1) is 0 Å². The van der Waals surface area contributed by atoms with Crippen molar-refractivity contribution in [2.24, 2.45) is 4.36 Å². The molecule has 0 amide bonds. The quantitative estimate of drug-likeness (QED) is 0.166. The number of halogens is 1. The molecule has 0 bridgehead atoms. The van der Waals surface area contributed by atoms with E-state index in [1.807, 2.05) is 41.0 Å². The molecule has 2 aliphatic rings. The normalized spacial score (nSPS) is 21.5. The molecule has 2 aliphatic heterocycles. The van der Waals surface area contributed by atoms with Crippen molar-refractivity contribution in [2.45, 2.75) is 63.4 Å². The summed E-state index contributed by atoms with van der Waals surface area (Å²) in [6.45, 7) is 8.60. The summed E-state index contributed by atoms with van der Waals surface area (Å²) >= 11 is 6.79. The first-order valence-corrected chi connectivity index (χ1v) is 21.7. The monoisotopic (exact) mass is 685 g/mol. The van der Waals surface area contributed by atoms with Gasteiger partial charge in [-0.3, -0.25) is 13.8 Å². The maximum atomic E-state index is 12.0. The molecule has 4 atom stereocenters. The molecule has 2 saturated heterocycles. The van der Waals surface area contributed by atoms with Gasteiger partial charge in [-0.1, -0.05) is 55.5 Å². The molecular formula is C32H40ClN5O6SSi. The van der Waals surface area contributed by atoms with Gasteiger partial charge < -0.3 is 24.1 Å². The van der Waals surface area contributed by atoms with E-state index in [-0.39, 0.29) is 26.0 Å². The average molecular weight is 686 g/mol. The van der Waals surface area contributed by atoms with Crippen LogP contribution in [0.25, 0.3) is 33.7 Å². The molecule has 0 unspecified atom stereocenters. The molecule has 0 radical (unpaired) electrons. The van der Waals surface area contributed by atoms with Crippen LogP contribution < -0.4 is 4.74 Å². The van der Waals surface area contributed by atoms with Crippen LogP contribution in [0.4, 0.5) is 0 Å². The van der Waals surface area contributed by atoms with Crippen LogP contribution in [0.3, 0.4) is 0 Å². The number of pyridine rings is 2. The van der Waals surface area contributed by atoms with Gasteiger partial charge in [0.05, 0.1) is 36.2 Å². The highest BCUT2D eigenvalue weighted by molar-refractivity contribution is 7.92. The Balaban J connectivity index is 1.29. The predicted octanol–water partition coefficient (Wildman–Crippen LogP) is 5.26. The summed E-state index contributed by atoms with van der Waals surface area (Å²) < 4.78 is 42.1. The molecule has 14 heteroatoms. The largest absolute Gasteiger partial charge is 0.456 e. The molecule has 2 fully saturated rings. The Morgan fingerprint density at radius 1 is 1.07 bits per heavy atom. The molecule has 0 spiro atoms. The van der Waals surface area contributed by atoms with Gasteiger partial charge in [0.15, 0.2) is 11.8 Å². The van der Waals surface area contributed by atoms with Crippen molar-refractivity contribution in [3.05, 3.63) is 59.2 Å². The van der Waals surface area contributed by atoms with Crippen molar-refractivity contribution >= 4 is 40.6 Å². The van der Waals surface area contributed by atoms with Gasteiger partial charge >= 0.3 is 6.01 Å². The van der Waals surface area contributed by atoms with Crippen LogP contribution in [0.15, 0.2) is 53.0 Å². The van der Waals surface area contributed by atoms with Crippen LogP contribution in [0, 0.1) is 0 Å². The van der Waals surface area contributed by atoms with E-state index in [0.717, 1.165) is 28.4 Å². The lowest BCUT2D eigenvalue weighted by Gasteiger charge is -2.19. The van der Waals surface area contributed by atoms with Crippen molar-refractivity contribution < 1.29 is 28.3 Å². The van der Waals surface area contributed by atoms with E-state index in [1.54, 1.807) is 24.8 Å². The van der Waals surface area contributed by atoms with E-state index in [2.05, 4.69) is 29.0 Å². The number of aliphatic hydroxyl groups is 1. The van der Waals surface area contributed by atoms with Crippen LogP contribution in [0.1, 0.15) is 5.56 Å². The van der Waals surface area contributed by atoms with E-state index in [4.69, 9.17) is 40.5 Å². The van der Waals surface area contributed by atoms with Crippen LogP contribution in [-0.2, 0) is 37.2 Å². The van der Waals surface area contributed by atoms with Crippen LogP contribution >= 0.6 is 11.6 Å². The minimum absolute atomic E-state index is 0.202. The molecule has 1 N–H and O–H groups in total. The fourth-order valence-corrected chi connectivity index (χ4v) is 6.86. The second kappa shape index (κ2) is 13.3. The van der Waals surface area contributed by atoms with Crippen LogP contribution in [-0.4, -0.2) is 93.7 Å². The van der Waals surface area contributed by atoms with Gasteiger partial charge in [-0.2, -0.15) is 4.98 Å². The minimum Gasteiger partial charge on any atom is -0.456 e. The number of hydrogen-bond donors (Lipinski definition) is 1. The summed E-state index contributed by atoms with van der Waals surface area (Å²) in [4.78, 5) is 14.2. The minimum atomic E-state index is -2.19. The summed E-state index contributed by atoms with van der Waals surface area (Å²) in [5, 5.41) is 10.6. The standard InChI is InChI=1S/C32H40ClN5O6SSi/c1-45(2,40)35-16-20-10-11-34-24(14-20)21-6-8-22(9-7-21)28-23(33)15-25-31(37-28)38(19-41-12-13-46(3,4)5)32(36-25)44-27-18-43-29-26(39)17-42-30(27)29/h6-11,14-15,26-27,29-30,39H,12-13,16-19H2,1-5H3/t26-,27-,29-,30-/m1/s1. The van der Waals surface area contributed by atoms with Crippen LogP contribution in [0.2, 0.25) is 30.7 Å². The lowest BCUT2D eigenvalue weighted by Crippen LogP contribution is -2.35. The smallest absolute Gasteiger partial charge is 0.301 e. The Bertz CT molecular complexity index is 1830. The zero-order valence-corrected chi connectivity index (χ0v) is 29.3. The molecule has 246 valence electrons. The number of rotatable bonds is 11. The third-order valence-corrected chi connectivity index (χ3v) is 10.7. The summed E-state index contributed by atoms with van der Waals surface area (Å²) in [5.74, 6) is 0. The molecule has 3 aromatic heterocycles. The number of fused-ring (bicyclic) bond motifs is 2. The zero-order chi connectivity index (χ0) is 32.6. The Morgan fingerprint density at radius 2 is 1.80 bits per heavy atom. The highest BCUT2D eigenvalue weighted by atomic mass is 35.5. The maximum absolute atomic E-state index is 12.0. The molecule has 11 nitrogen and oxygen atoms in total. The summed E-state index contributed by atoms with van der Waals surface area (Å²) in [6.07, 6.45) is 3.08. The zero-order valence-electron chi connectivity index (χ0n) is 26.7. The lowest BCUT2D eigenvalue weighted by molar-refractivity contribution is 0.00336. The summed E-state index contributed by atoms with van der Waals surface area (Å²) in [7, 11) is -3.48. The van der Waals surface area contributed by atoms with Gasteiger partial charge in [0, 0.05) is 54.2 Å². The van der Waals surface area contributed by atoms with Gasteiger partial charge in [0.25, 0.3) is 0 Å². The van der Waals surface area contributed by atoms with Gasteiger partial charge in [0.2, 0.25) is 0 Å². The number of aromatic nitrogens is 4. The summed E-state index contributed by atoms with van der Waals surface area (Å²) in [6, 6.07) is 14.8. The van der Waals surface area contributed by atoms with Gasteiger partial charge in [0.1, 0.15) is 30.6 Å². The first-order valence-electron chi connectivity index (χ1n) is 15.3. The first kappa shape index (κ1) is 33.0. The number of nitrogens with zero attached hydrogens (tertiary/aromatic N) is 5. The molecule has 1 aromatic carbocycles. The third-order valence-electron chi connectivity index (χ3n) is 7.93. The predicted molar refractivity (Wildman–Crippen MR) is 181 cm³/mol. The van der Waals surface area contributed by atoms with E-state index in [0.29, 0.717) is 41.0 Å². The number of hydrogen-bond acceptors (Lipinski definition) is 10. The van der Waals surface area contributed by atoms with Crippen molar-refractivity contribution in [3.63, 3.8) is 0 Å². The number of benzene rings is 1. The van der Waals surface area contributed by atoms with E-state index in [9.17, 15) is 9.32 Å². The fourth-order valence-electron chi connectivity index (χ4n) is 5.39. The van der Waals surface area contributed by atoms with Crippen molar-refractivity contribution in [1.29, 1.82) is 0 Å². The maximum Gasteiger partial charge on any atom is 0.301 e. The Labute approximate surface area is 275 Å². The van der Waals surface area contributed by atoms with Crippen molar-refractivity contribution in [2.75, 3.05) is 32.3 Å². The molecule has 4 aromatic rings. The first-order chi connectivity index (χ1) is 21.8. The van der Waals surface area contributed by atoms with E-state index < -0.39 is 36.1 Å². The molecular weight excluding hydrogens is 646 g/mol. The molecule has 46 heavy (non-hydrogen) atoms.